The first kappa shape index (κ1) is 27.4. The van der Waals surface area contributed by atoms with Crippen molar-refractivity contribution in [1.29, 1.82) is 0 Å². The summed E-state index contributed by atoms with van der Waals surface area (Å²) in [5.41, 5.74) is 1.58. The van der Waals surface area contributed by atoms with E-state index in [4.69, 9.17) is 4.74 Å². The van der Waals surface area contributed by atoms with Crippen LogP contribution in [0.15, 0.2) is 54.6 Å². The first-order valence-corrected chi connectivity index (χ1v) is 12.6. The average Bonchev–Trinajstić information content (AvgIpc) is 2.82. The van der Waals surface area contributed by atoms with E-state index in [1.54, 1.807) is 12.1 Å². The van der Waals surface area contributed by atoms with Crippen LogP contribution < -0.4 is 10.6 Å². The molecule has 3 N–H and O–H groups in total. The molecule has 34 heavy (non-hydrogen) atoms. The molecular formula is C26H33BrN2O5. The fraction of sp³-hybridized carbons (Fsp3) is 0.423. The first-order chi connectivity index (χ1) is 16.3. The number of hydrogen-bond acceptors (Lipinski definition) is 5. The fourth-order valence-corrected chi connectivity index (χ4v) is 3.71. The zero-order valence-electron chi connectivity index (χ0n) is 19.6. The molecule has 2 atom stereocenters. The Morgan fingerprint density at radius 3 is 2.24 bits per heavy atom. The van der Waals surface area contributed by atoms with E-state index in [1.807, 2.05) is 44.2 Å². The van der Waals surface area contributed by atoms with E-state index >= 15 is 0 Å². The second-order valence-corrected chi connectivity index (χ2v) is 9.25. The molecule has 0 aliphatic carbocycles. The number of aromatic hydroxyl groups is 1. The lowest BCUT2D eigenvalue weighted by atomic mass is 10.0. The Labute approximate surface area is 209 Å². The summed E-state index contributed by atoms with van der Waals surface area (Å²) in [6.07, 6.45) is 2.11. The minimum Gasteiger partial charge on any atom is -0.508 e. The summed E-state index contributed by atoms with van der Waals surface area (Å²) in [6, 6.07) is 14.0. The molecule has 2 aromatic carbocycles. The molecule has 8 heteroatoms. The van der Waals surface area contributed by atoms with Gasteiger partial charge in [0.2, 0.25) is 11.8 Å². The molecule has 2 rings (SSSR count). The molecule has 0 unspecified atom stereocenters. The van der Waals surface area contributed by atoms with Crippen molar-refractivity contribution in [3.05, 3.63) is 65.7 Å². The lowest BCUT2D eigenvalue weighted by Gasteiger charge is -2.25. The van der Waals surface area contributed by atoms with Crippen LogP contribution in [0.25, 0.3) is 0 Å². The molecule has 0 radical (unpaired) electrons. The third kappa shape index (κ3) is 9.55. The van der Waals surface area contributed by atoms with Crippen LogP contribution in [-0.2, 0) is 32.1 Å². The molecule has 0 fully saturated rings. The Balaban J connectivity index is 2.10. The molecule has 2 aromatic rings. The van der Waals surface area contributed by atoms with E-state index in [0.29, 0.717) is 6.42 Å². The van der Waals surface area contributed by atoms with Gasteiger partial charge in [-0.05, 0) is 42.0 Å². The lowest BCUT2D eigenvalue weighted by molar-refractivity contribution is -0.149. The zero-order valence-corrected chi connectivity index (χ0v) is 21.2. The standard InChI is InChI=1S/C26H33BrN2O5/c1-18(2)24(29-23(31)10-6-7-15-27)25(32)28-22(16-19-11-13-21(30)14-12-19)26(33)34-17-20-8-4-3-5-9-20/h3-5,8-9,11-14,18,22,24,30H,6-7,10,15-17H2,1-2H3,(H,28,32)(H,29,31)/t22-,24-/m0/s1. The van der Waals surface area contributed by atoms with Gasteiger partial charge in [0.1, 0.15) is 24.4 Å². The highest BCUT2D eigenvalue weighted by molar-refractivity contribution is 9.09. The monoisotopic (exact) mass is 532 g/mol. The van der Waals surface area contributed by atoms with Gasteiger partial charge in [0.05, 0.1) is 0 Å². The second-order valence-electron chi connectivity index (χ2n) is 8.46. The van der Waals surface area contributed by atoms with Crippen LogP contribution in [0.5, 0.6) is 5.75 Å². The maximum Gasteiger partial charge on any atom is 0.329 e. The molecule has 0 saturated carbocycles. The van der Waals surface area contributed by atoms with Crippen molar-refractivity contribution < 1.29 is 24.2 Å². The number of halogens is 1. The summed E-state index contributed by atoms with van der Waals surface area (Å²) in [5, 5.41) is 15.9. The maximum absolute atomic E-state index is 13.1. The normalized spacial score (nSPS) is 12.6. The highest BCUT2D eigenvalue weighted by Gasteiger charge is 2.29. The van der Waals surface area contributed by atoms with Crippen molar-refractivity contribution in [3.8, 4) is 5.75 Å². The summed E-state index contributed by atoms with van der Waals surface area (Å²) in [4.78, 5) is 38.4. The van der Waals surface area contributed by atoms with Crippen LogP contribution in [0.3, 0.4) is 0 Å². The number of phenolic OH excluding ortho intramolecular Hbond substituents is 1. The quantitative estimate of drug-likeness (QED) is 0.206. The number of unbranched alkanes of at least 4 members (excludes halogenated alkanes) is 1. The van der Waals surface area contributed by atoms with E-state index in [2.05, 4.69) is 26.6 Å². The highest BCUT2D eigenvalue weighted by Crippen LogP contribution is 2.13. The number of ether oxygens (including phenoxy) is 1. The molecule has 0 aliphatic heterocycles. The average molecular weight is 533 g/mol. The molecule has 0 spiro atoms. The molecular weight excluding hydrogens is 500 g/mol. The van der Waals surface area contributed by atoms with Crippen molar-refractivity contribution in [2.24, 2.45) is 5.92 Å². The van der Waals surface area contributed by atoms with Crippen LogP contribution in [0, 0.1) is 5.92 Å². The number of amides is 2. The smallest absolute Gasteiger partial charge is 0.329 e. The van der Waals surface area contributed by atoms with Gasteiger partial charge < -0.3 is 20.5 Å². The minimum absolute atomic E-state index is 0.0829. The number of carbonyl (C=O) groups excluding carboxylic acids is 3. The number of nitrogens with one attached hydrogen (secondary N) is 2. The van der Waals surface area contributed by atoms with E-state index in [9.17, 15) is 19.5 Å². The van der Waals surface area contributed by atoms with E-state index < -0.39 is 24.0 Å². The van der Waals surface area contributed by atoms with Gasteiger partial charge in [-0.25, -0.2) is 4.79 Å². The molecule has 0 bridgehead atoms. The van der Waals surface area contributed by atoms with Crippen molar-refractivity contribution in [2.45, 2.75) is 58.2 Å². The number of esters is 1. The van der Waals surface area contributed by atoms with Crippen LogP contribution in [-0.4, -0.2) is 40.3 Å². The number of carbonyl (C=O) groups is 3. The molecule has 184 valence electrons. The molecule has 0 aliphatic rings. The van der Waals surface area contributed by atoms with Gasteiger partial charge in [-0.15, -0.1) is 0 Å². The van der Waals surface area contributed by atoms with Crippen molar-refractivity contribution >= 4 is 33.7 Å². The summed E-state index contributed by atoms with van der Waals surface area (Å²) in [5.74, 6) is -1.27. The predicted octanol–water partition coefficient (Wildman–Crippen LogP) is 3.87. The SMILES string of the molecule is CC(C)[C@H](NC(=O)CCCCBr)C(=O)N[C@@H](Cc1ccc(O)cc1)C(=O)OCc1ccccc1. The largest absolute Gasteiger partial charge is 0.508 e. The fourth-order valence-electron chi connectivity index (χ4n) is 3.31. The predicted molar refractivity (Wildman–Crippen MR) is 134 cm³/mol. The van der Waals surface area contributed by atoms with Crippen molar-refractivity contribution in [2.75, 3.05) is 5.33 Å². The molecule has 2 amide bonds. The second kappa shape index (κ2) is 14.4. The third-order valence-corrected chi connectivity index (χ3v) is 5.81. The van der Waals surface area contributed by atoms with E-state index in [-0.39, 0.29) is 30.6 Å². The number of benzene rings is 2. The number of rotatable bonds is 13. The molecule has 0 saturated heterocycles. The van der Waals surface area contributed by atoms with Crippen LogP contribution in [0.1, 0.15) is 44.2 Å². The molecule has 7 nitrogen and oxygen atoms in total. The van der Waals surface area contributed by atoms with Crippen molar-refractivity contribution in [3.63, 3.8) is 0 Å². The zero-order chi connectivity index (χ0) is 24.9. The van der Waals surface area contributed by atoms with E-state index in [0.717, 1.165) is 29.3 Å². The number of hydrogen-bond donors (Lipinski definition) is 3. The topological polar surface area (TPSA) is 105 Å². The van der Waals surface area contributed by atoms with Gasteiger partial charge in [-0.1, -0.05) is 72.2 Å². The Morgan fingerprint density at radius 1 is 0.941 bits per heavy atom. The van der Waals surface area contributed by atoms with Gasteiger partial charge in [0.15, 0.2) is 0 Å². The lowest BCUT2D eigenvalue weighted by Crippen LogP contribution is -2.54. The first-order valence-electron chi connectivity index (χ1n) is 11.4. The molecule has 0 aromatic heterocycles. The third-order valence-electron chi connectivity index (χ3n) is 5.25. The van der Waals surface area contributed by atoms with E-state index in [1.165, 1.54) is 12.1 Å². The van der Waals surface area contributed by atoms with Gasteiger partial charge >= 0.3 is 5.97 Å². The van der Waals surface area contributed by atoms with Crippen LogP contribution >= 0.6 is 15.9 Å². The van der Waals surface area contributed by atoms with Crippen LogP contribution in [0.2, 0.25) is 0 Å². The van der Waals surface area contributed by atoms with Gasteiger partial charge in [0, 0.05) is 18.2 Å². The highest BCUT2D eigenvalue weighted by atomic mass is 79.9. The molecule has 0 heterocycles. The van der Waals surface area contributed by atoms with Gasteiger partial charge in [-0.2, -0.15) is 0 Å². The Hall–Kier alpha value is -2.87. The Kier molecular flexibility index (Phi) is 11.6. The summed E-state index contributed by atoms with van der Waals surface area (Å²) in [7, 11) is 0. The van der Waals surface area contributed by atoms with Gasteiger partial charge in [0.25, 0.3) is 0 Å². The Morgan fingerprint density at radius 2 is 1.62 bits per heavy atom. The minimum atomic E-state index is -0.952. The van der Waals surface area contributed by atoms with Gasteiger partial charge in [-0.3, -0.25) is 9.59 Å². The summed E-state index contributed by atoms with van der Waals surface area (Å²) < 4.78 is 5.48. The van der Waals surface area contributed by atoms with Crippen LogP contribution in [0.4, 0.5) is 0 Å². The number of alkyl halides is 1. The summed E-state index contributed by atoms with van der Waals surface area (Å²) in [6.45, 7) is 3.76. The maximum atomic E-state index is 13.1. The Bertz CT molecular complexity index is 919. The summed E-state index contributed by atoms with van der Waals surface area (Å²) >= 11 is 3.34. The number of phenols is 1. The van der Waals surface area contributed by atoms with Crippen molar-refractivity contribution in [1.82, 2.24) is 10.6 Å².